The van der Waals surface area contributed by atoms with Crippen LogP contribution in [0.3, 0.4) is 0 Å². The normalized spacial score (nSPS) is 24.5. The average molecular weight is 335 g/mol. The third-order valence-corrected chi connectivity index (χ3v) is 4.99. The first-order valence-electron chi connectivity index (χ1n) is 8.98. The molecule has 0 radical (unpaired) electrons. The number of hydrogen-bond donors (Lipinski definition) is 1. The number of nitrogens with zero attached hydrogens (tertiary/aromatic N) is 4. The minimum absolute atomic E-state index is 0.307. The van der Waals surface area contributed by atoms with Gasteiger partial charge >= 0.3 is 0 Å². The highest BCUT2D eigenvalue weighted by Crippen LogP contribution is 2.38. The highest BCUT2D eigenvalue weighted by atomic mass is 16.5. The van der Waals surface area contributed by atoms with E-state index in [2.05, 4.69) is 39.2 Å². The van der Waals surface area contributed by atoms with Crippen molar-refractivity contribution in [3.63, 3.8) is 0 Å². The standard InChI is InChI=1S/C17H29N5O2/c1-13(2)15-20-14(24-21-15)5-4-8-19-16(18-3)22-9-6-17(11-22)7-10-23-12-17/h13H,4-12H2,1-3H3,(H,18,19). The van der Waals surface area contributed by atoms with Crippen molar-refractivity contribution in [2.45, 2.75) is 45.4 Å². The Hall–Kier alpha value is -1.63. The molecule has 2 fully saturated rings. The molecule has 0 aliphatic carbocycles. The summed E-state index contributed by atoms with van der Waals surface area (Å²) < 4.78 is 10.9. The van der Waals surface area contributed by atoms with E-state index in [0.29, 0.717) is 11.3 Å². The maximum Gasteiger partial charge on any atom is 0.226 e. The van der Waals surface area contributed by atoms with Crippen LogP contribution in [0.5, 0.6) is 0 Å². The molecule has 0 aromatic carbocycles. The van der Waals surface area contributed by atoms with Gasteiger partial charge in [0, 0.05) is 51.0 Å². The van der Waals surface area contributed by atoms with E-state index < -0.39 is 0 Å². The van der Waals surface area contributed by atoms with Crippen molar-refractivity contribution in [2.75, 3.05) is 39.9 Å². The monoisotopic (exact) mass is 335 g/mol. The number of hydrogen-bond acceptors (Lipinski definition) is 5. The van der Waals surface area contributed by atoms with Crippen LogP contribution in [0, 0.1) is 5.41 Å². The van der Waals surface area contributed by atoms with Crippen LogP contribution in [-0.2, 0) is 11.2 Å². The van der Waals surface area contributed by atoms with E-state index >= 15 is 0 Å². The smallest absolute Gasteiger partial charge is 0.226 e. The van der Waals surface area contributed by atoms with Gasteiger partial charge in [0.1, 0.15) is 0 Å². The number of ether oxygens (including phenoxy) is 1. The van der Waals surface area contributed by atoms with E-state index in [-0.39, 0.29) is 0 Å². The number of aryl methyl sites for hydroxylation is 1. The lowest BCUT2D eigenvalue weighted by atomic mass is 9.87. The third kappa shape index (κ3) is 3.88. The molecule has 7 heteroatoms. The molecule has 1 N–H and O–H groups in total. The lowest BCUT2D eigenvalue weighted by Crippen LogP contribution is -2.41. The van der Waals surface area contributed by atoms with Gasteiger partial charge in [-0.25, -0.2) is 0 Å². The van der Waals surface area contributed by atoms with Crippen molar-refractivity contribution >= 4 is 5.96 Å². The van der Waals surface area contributed by atoms with Gasteiger partial charge in [-0.05, 0) is 19.3 Å². The van der Waals surface area contributed by atoms with Crippen LogP contribution in [0.15, 0.2) is 9.52 Å². The Morgan fingerprint density at radius 1 is 1.42 bits per heavy atom. The van der Waals surface area contributed by atoms with Gasteiger partial charge in [-0.3, -0.25) is 4.99 Å². The van der Waals surface area contributed by atoms with Gasteiger partial charge < -0.3 is 19.5 Å². The lowest BCUT2D eigenvalue weighted by molar-refractivity contribution is 0.156. The Kier molecular flexibility index (Phi) is 5.38. The molecule has 0 bridgehead atoms. The van der Waals surface area contributed by atoms with Crippen molar-refractivity contribution in [2.24, 2.45) is 10.4 Å². The first-order valence-corrected chi connectivity index (χ1v) is 8.98. The maximum atomic E-state index is 5.60. The molecule has 1 aromatic heterocycles. The molecule has 7 nitrogen and oxygen atoms in total. The molecule has 2 aliphatic heterocycles. The molecule has 3 heterocycles. The Morgan fingerprint density at radius 2 is 2.29 bits per heavy atom. The summed E-state index contributed by atoms with van der Waals surface area (Å²) in [4.78, 5) is 11.2. The molecular formula is C17H29N5O2. The van der Waals surface area contributed by atoms with Gasteiger partial charge in [0.25, 0.3) is 0 Å². The molecule has 0 saturated carbocycles. The highest BCUT2D eigenvalue weighted by Gasteiger charge is 2.42. The summed E-state index contributed by atoms with van der Waals surface area (Å²) >= 11 is 0. The predicted octanol–water partition coefficient (Wildman–Crippen LogP) is 1.81. The molecule has 2 aliphatic rings. The first kappa shape index (κ1) is 17.2. The van der Waals surface area contributed by atoms with E-state index in [0.717, 1.165) is 63.4 Å². The summed E-state index contributed by atoms with van der Waals surface area (Å²) in [5.41, 5.74) is 0.356. The summed E-state index contributed by atoms with van der Waals surface area (Å²) in [7, 11) is 1.85. The van der Waals surface area contributed by atoms with Crippen molar-refractivity contribution in [3.05, 3.63) is 11.7 Å². The molecule has 2 saturated heterocycles. The van der Waals surface area contributed by atoms with Crippen molar-refractivity contribution in [1.82, 2.24) is 20.4 Å². The van der Waals surface area contributed by atoms with Gasteiger partial charge in [-0.2, -0.15) is 4.98 Å². The number of rotatable bonds is 5. The summed E-state index contributed by atoms with van der Waals surface area (Å²) in [5, 5.41) is 7.46. The fourth-order valence-electron chi connectivity index (χ4n) is 3.46. The van der Waals surface area contributed by atoms with E-state index in [1.165, 1.54) is 12.8 Å². The molecule has 1 unspecified atom stereocenters. The zero-order valence-electron chi connectivity index (χ0n) is 15.0. The molecule has 1 aromatic rings. The maximum absolute atomic E-state index is 5.60. The van der Waals surface area contributed by atoms with Crippen LogP contribution >= 0.6 is 0 Å². The van der Waals surface area contributed by atoms with Gasteiger partial charge in [-0.15, -0.1) is 0 Å². The lowest BCUT2D eigenvalue weighted by Gasteiger charge is -2.24. The Labute approximate surface area is 143 Å². The van der Waals surface area contributed by atoms with Gasteiger partial charge in [0.15, 0.2) is 11.8 Å². The number of aliphatic imine (C=N–C) groups is 1. The van der Waals surface area contributed by atoms with Crippen molar-refractivity contribution in [1.29, 1.82) is 0 Å². The zero-order chi connectivity index (χ0) is 17.0. The van der Waals surface area contributed by atoms with Crippen molar-refractivity contribution < 1.29 is 9.26 Å². The average Bonchev–Trinajstić information content (AvgIpc) is 3.30. The van der Waals surface area contributed by atoms with Gasteiger partial charge in [0.2, 0.25) is 5.89 Å². The van der Waals surface area contributed by atoms with E-state index in [1.54, 1.807) is 0 Å². The number of likely N-dealkylation sites (tertiary alicyclic amines) is 1. The molecule has 134 valence electrons. The van der Waals surface area contributed by atoms with Crippen LogP contribution in [0.1, 0.15) is 50.7 Å². The second kappa shape index (κ2) is 7.51. The summed E-state index contributed by atoms with van der Waals surface area (Å²) in [5.74, 6) is 2.81. The fraction of sp³-hybridized carbons (Fsp3) is 0.824. The molecule has 0 amide bonds. The topological polar surface area (TPSA) is 75.8 Å². The van der Waals surface area contributed by atoms with Gasteiger partial charge in [-0.1, -0.05) is 19.0 Å². The molecule has 1 spiro atoms. The molecule has 24 heavy (non-hydrogen) atoms. The predicted molar refractivity (Wildman–Crippen MR) is 92.1 cm³/mol. The minimum Gasteiger partial charge on any atom is -0.381 e. The van der Waals surface area contributed by atoms with E-state index in [9.17, 15) is 0 Å². The van der Waals surface area contributed by atoms with Crippen LogP contribution in [0.2, 0.25) is 0 Å². The third-order valence-electron chi connectivity index (χ3n) is 4.99. The van der Waals surface area contributed by atoms with Crippen LogP contribution in [-0.4, -0.2) is 60.9 Å². The first-order chi connectivity index (χ1) is 11.6. The number of guanidine groups is 1. The Morgan fingerprint density at radius 3 is 2.96 bits per heavy atom. The number of nitrogens with one attached hydrogen (secondary N) is 1. The second-order valence-corrected chi connectivity index (χ2v) is 7.25. The zero-order valence-corrected chi connectivity index (χ0v) is 15.0. The Balaban J connectivity index is 1.41. The van der Waals surface area contributed by atoms with Crippen LogP contribution < -0.4 is 5.32 Å². The number of aromatic nitrogens is 2. The van der Waals surface area contributed by atoms with E-state index in [4.69, 9.17) is 9.26 Å². The van der Waals surface area contributed by atoms with Gasteiger partial charge in [0.05, 0.1) is 6.61 Å². The molecule has 1 atom stereocenters. The van der Waals surface area contributed by atoms with Crippen LogP contribution in [0.4, 0.5) is 0 Å². The summed E-state index contributed by atoms with van der Waals surface area (Å²) in [6, 6.07) is 0. The molecule has 3 rings (SSSR count). The highest BCUT2D eigenvalue weighted by molar-refractivity contribution is 5.80. The fourth-order valence-corrected chi connectivity index (χ4v) is 3.46. The quantitative estimate of drug-likeness (QED) is 0.502. The SMILES string of the molecule is CN=C(NCCCc1nc(C(C)C)no1)N1CCC2(CCOC2)C1. The second-order valence-electron chi connectivity index (χ2n) is 7.25. The minimum atomic E-state index is 0.307. The molecular weight excluding hydrogens is 306 g/mol. The van der Waals surface area contributed by atoms with Crippen molar-refractivity contribution in [3.8, 4) is 0 Å². The Bertz CT molecular complexity index is 563. The van der Waals surface area contributed by atoms with E-state index in [1.807, 2.05) is 7.05 Å². The largest absolute Gasteiger partial charge is 0.381 e. The summed E-state index contributed by atoms with van der Waals surface area (Å²) in [6.45, 7) is 8.90. The van der Waals surface area contributed by atoms with Crippen LogP contribution in [0.25, 0.3) is 0 Å². The summed E-state index contributed by atoms with van der Waals surface area (Å²) in [6.07, 6.45) is 4.12.